The summed E-state index contributed by atoms with van der Waals surface area (Å²) < 4.78 is 4.55. The van der Waals surface area contributed by atoms with Gasteiger partial charge in [-0.1, -0.05) is 13.8 Å². The molecule has 0 aliphatic heterocycles. The number of carbonyl (C=O) groups is 3. The van der Waals surface area contributed by atoms with Crippen LogP contribution in [0.2, 0.25) is 0 Å². The van der Waals surface area contributed by atoms with E-state index in [4.69, 9.17) is 5.11 Å². The van der Waals surface area contributed by atoms with Gasteiger partial charge in [-0.25, -0.2) is 4.79 Å². The van der Waals surface area contributed by atoms with E-state index in [1.807, 2.05) is 19.2 Å². The van der Waals surface area contributed by atoms with Crippen molar-refractivity contribution in [1.29, 1.82) is 0 Å². The van der Waals surface area contributed by atoms with Crippen LogP contribution in [0.1, 0.15) is 20.8 Å². The number of carbonyl (C=O) groups excluding carboxylic acids is 2. The minimum absolute atomic E-state index is 0.150. The van der Waals surface area contributed by atoms with Gasteiger partial charge in [-0.3, -0.25) is 19.8 Å². The van der Waals surface area contributed by atoms with Crippen molar-refractivity contribution < 1.29 is 24.2 Å². The van der Waals surface area contributed by atoms with Crippen LogP contribution in [0.25, 0.3) is 0 Å². The number of rotatable bonds is 7. The minimum atomic E-state index is -1.01. The van der Waals surface area contributed by atoms with Gasteiger partial charge in [0.25, 0.3) is 0 Å². The van der Waals surface area contributed by atoms with Gasteiger partial charge in [0.1, 0.15) is 0 Å². The maximum Gasteiger partial charge on any atom is 0.413 e. The molecule has 0 aromatic heterocycles. The summed E-state index contributed by atoms with van der Waals surface area (Å²) in [6.45, 7) is 5.69. The molecule has 0 fully saturated rings. The fourth-order valence-electron chi connectivity index (χ4n) is 1.42. The fraction of sp³-hybridized carbons (Fsp3) is 0.727. The van der Waals surface area contributed by atoms with Crippen molar-refractivity contribution in [2.75, 3.05) is 26.2 Å². The third-order valence-electron chi connectivity index (χ3n) is 1.87. The Morgan fingerprint density at radius 1 is 1.28 bits per heavy atom. The van der Waals surface area contributed by atoms with Gasteiger partial charge >= 0.3 is 12.1 Å². The zero-order valence-electron chi connectivity index (χ0n) is 10.9. The van der Waals surface area contributed by atoms with Gasteiger partial charge in [0.2, 0.25) is 5.91 Å². The normalized spacial score (nSPS) is 10.5. The molecule has 0 heterocycles. The van der Waals surface area contributed by atoms with E-state index >= 15 is 0 Å². The van der Waals surface area contributed by atoms with E-state index in [9.17, 15) is 14.4 Å². The predicted octanol–water partition coefficient (Wildman–Crippen LogP) is 0.302. The van der Waals surface area contributed by atoms with E-state index in [1.165, 1.54) is 4.90 Å². The molecule has 2 N–H and O–H groups in total. The summed E-state index contributed by atoms with van der Waals surface area (Å²) in [4.78, 5) is 34.5. The molecule has 104 valence electrons. The Hall–Kier alpha value is -1.63. The smallest absolute Gasteiger partial charge is 0.413 e. The summed E-state index contributed by atoms with van der Waals surface area (Å²) in [6, 6.07) is 0. The van der Waals surface area contributed by atoms with Gasteiger partial charge < -0.3 is 9.84 Å². The Morgan fingerprint density at radius 2 is 1.89 bits per heavy atom. The molecule has 0 aliphatic carbocycles. The zero-order chi connectivity index (χ0) is 14.1. The zero-order valence-corrected chi connectivity index (χ0v) is 10.9. The van der Waals surface area contributed by atoms with E-state index in [0.717, 1.165) is 0 Å². The van der Waals surface area contributed by atoms with E-state index < -0.39 is 18.0 Å². The van der Waals surface area contributed by atoms with Gasteiger partial charge in [-0.2, -0.15) is 0 Å². The SMILES string of the molecule is CCOC(=O)NC(=O)CN(CC(=O)O)CC(C)C. The molecule has 0 rings (SSSR count). The number of carboxylic acid groups (broad SMARTS) is 1. The average Bonchev–Trinajstić information content (AvgIpc) is 2.14. The molecule has 0 aromatic rings. The molecule has 0 spiro atoms. The van der Waals surface area contributed by atoms with Crippen LogP contribution in [-0.4, -0.2) is 54.2 Å². The molecule has 0 saturated carbocycles. The van der Waals surface area contributed by atoms with Gasteiger partial charge in [-0.15, -0.1) is 0 Å². The molecule has 0 unspecified atom stereocenters. The van der Waals surface area contributed by atoms with Crippen molar-refractivity contribution in [2.45, 2.75) is 20.8 Å². The number of imide groups is 1. The lowest BCUT2D eigenvalue weighted by molar-refractivity contribution is -0.138. The maximum absolute atomic E-state index is 11.5. The summed E-state index contributed by atoms with van der Waals surface area (Å²) in [6.07, 6.45) is -0.817. The third kappa shape index (κ3) is 8.51. The highest BCUT2D eigenvalue weighted by atomic mass is 16.5. The van der Waals surface area contributed by atoms with Crippen LogP contribution in [0.3, 0.4) is 0 Å². The number of carboxylic acids is 1. The predicted molar refractivity (Wildman–Crippen MR) is 64.1 cm³/mol. The summed E-state index contributed by atoms with van der Waals surface area (Å²) in [5.74, 6) is -1.37. The molecule has 0 saturated heterocycles. The first-order valence-corrected chi connectivity index (χ1v) is 5.75. The highest BCUT2D eigenvalue weighted by molar-refractivity contribution is 5.93. The maximum atomic E-state index is 11.5. The Labute approximate surface area is 106 Å². The minimum Gasteiger partial charge on any atom is -0.480 e. The molecular formula is C11H20N2O5. The first-order valence-electron chi connectivity index (χ1n) is 5.75. The monoisotopic (exact) mass is 260 g/mol. The molecule has 2 amide bonds. The lowest BCUT2D eigenvalue weighted by Gasteiger charge is -2.21. The number of ether oxygens (including phenoxy) is 1. The molecule has 0 radical (unpaired) electrons. The topological polar surface area (TPSA) is 95.9 Å². The number of hydrogen-bond donors (Lipinski definition) is 2. The molecule has 0 aliphatic rings. The van der Waals surface area contributed by atoms with Crippen molar-refractivity contribution in [3.8, 4) is 0 Å². The van der Waals surface area contributed by atoms with E-state index in [2.05, 4.69) is 4.74 Å². The molecule has 7 heteroatoms. The first kappa shape index (κ1) is 16.4. The summed E-state index contributed by atoms with van der Waals surface area (Å²) in [7, 11) is 0. The Balaban J connectivity index is 4.25. The van der Waals surface area contributed by atoms with Crippen LogP contribution in [-0.2, 0) is 14.3 Å². The van der Waals surface area contributed by atoms with Crippen molar-refractivity contribution in [3.05, 3.63) is 0 Å². The Bertz CT molecular complexity index is 304. The van der Waals surface area contributed by atoms with Crippen molar-refractivity contribution in [3.63, 3.8) is 0 Å². The number of nitrogens with one attached hydrogen (secondary N) is 1. The van der Waals surface area contributed by atoms with Crippen LogP contribution in [0.5, 0.6) is 0 Å². The molecule has 18 heavy (non-hydrogen) atoms. The number of amides is 2. The van der Waals surface area contributed by atoms with Crippen LogP contribution < -0.4 is 5.32 Å². The van der Waals surface area contributed by atoms with Gasteiger partial charge in [-0.05, 0) is 12.8 Å². The highest BCUT2D eigenvalue weighted by Gasteiger charge is 2.17. The third-order valence-corrected chi connectivity index (χ3v) is 1.87. The second-order valence-corrected chi connectivity index (χ2v) is 4.23. The molecule has 0 bridgehead atoms. The summed E-state index contributed by atoms with van der Waals surface area (Å²) in [5.41, 5.74) is 0. The lowest BCUT2D eigenvalue weighted by Crippen LogP contribution is -2.43. The van der Waals surface area contributed by atoms with Crippen molar-refractivity contribution in [2.24, 2.45) is 5.92 Å². The number of hydrogen-bond acceptors (Lipinski definition) is 5. The van der Waals surface area contributed by atoms with Crippen LogP contribution in [0.15, 0.2) is 0 Å². The molecule has 7 nitrogen and oxygen atoms in total. The van der Waals surface area contributed by atoms with Gasteiger partial charge in [0.15, 0.2) is 0 Å². The highest BCUT2D eigenvalue weighted by Crippen LogP contribution is 1.98. The van der Waals surface area contributed by atoms with Crippen LogP contribution in [0.4, 0.5) is 4.79 Å². The Kier molecular flexibility index (Phi) is 7.69. The van der Waals surface area contributed by atoms with E-state index in [0.29, 0.717) is 6.54 Å². The van der Waals surface area contributed by atoms with E-state index in [1.54, 1.807) is 6.92 Å². The number of alkyl carbamates (subject to hydrolysis) is 1. The number of aliphatic carboxylic acids is 1. The molecule has 0 atom stereocenters. The van der Waals surface area contributed by atoms with Gasteiger partial charge in [0, 0.05) is 6.54 Å². The Morgan fingerprint density at radius 3 is 2.33 bits per heavy atom. The van der Waals surface area contributed by atoms with Crippen LogP contribution >= 0.6 is 0 Å². The average molecular weight is 260 g/mol. The fourth-order valence-corrected chi connectivity index (χ4v) is 1.42. The molecule has 0 aromatic carbocycles. The second kappa shape index (κ2) is 8.46. The van der Waals surface area contributed by atoms with Gasteiger partial charge in [0.05, 0.1) is 19.7 Å². The largest absolute Gasteiger partial charge is 0.480 e. The van der Waals surface area contributed by atoms with Crippen molar-refractivity contribution in [1.82, 2.24) is 10.2 Å². The van der Waals surface area contributed by atoms with Crippen LogP contribution in [0, 0.1) is 5.92 Å². The van der Waals surface area contributed by atoms with E-state index in [-0.39, 0.29) is 25.6 Å². The van der Waals surface area contributed by atoms with Crippen molar-refractivity contribution >= 4 is 18.0 Å². The second-order valence-electron chi connectivity index (χ2n) is 4.23. The standard InChI is InChI=1S/C11H20N2O5/c1-4-18-11(17)12-9(14)6-13(5-8(2)3)7-10(15)16/h8H,4-7H2,1-3H3,(H,15,16)(H,12,14,17). The molecular weight excluding hydrogens is 240 g/mol. The summed E-state index contributed by atoms with van der Waals surface area (Å²) >= 11 is 0. The quantitative estimate of drug-likeness (QED) is 0.683. The lowest BCUT2D eigenvalue weighted by atomic mass is 10.2. The summed E-state index contributed by atoms with van der Waals surface area (Å²) in [5, 5.41) is 10.7. The first-order chi connectivity index (χ1) is 8.35. The number of nitrogens with zero attached hydrogens (tertiary/aromatic N) is 1.